The van der Waals surface area contributed by atoms with Gasteiger partial charge in [-0.1, -0.05) is 11.6 Å². The maximum atomic E-state index is 5.94. The first-order valence-corrected chi connectivity index (χ1v) is 6.58. The highest BCUT2D eigenvalue weighted by Gasteiger charge is 2.21. The molecule has 0 aliphatic heterocycles. The zero-order valence-corrected chi connectivity index (χ0v) is 10.3. The van der Waals surface area contributed by atoms with Gasteiger partial charge in [0.05, 0.1) is 17.1 Å². The van der Waals surface area contributed by atoms with E-state index in [9.17, 15) is 0 Å². The van der Waals surface area contributed by atoms with Crippen molar-refractivity contribution in [3.8, 4) is 10.4 Å². The fourth-order valence-corrected chi connectivity index (χ4v) is 2.77. The molecule has 2 aromatic heterocycles. The van der Waals surface area contributed by atoms with Gasteiger partial charge in [0.15, 0.2) is 0 Å². The summed E-state index contributed by atoms with van der Waals surface area (Å²) < 4.78 is 6.32. The first-order valence-electron chi connectivity index (χ1n) is 5.38. The quantitative estimate of drug-likeness (QED) is 0.894. The van der Waals surface area contributed by atoms with E-state index in [1.54, 1.807) is 17.6 Å². The van der Waals surface area contributed by atoms with Gasteiger partial charge in [-0.25, -0.2) is 0 Å². The summed E-state index contributed by atoms with van der Waals surface area (Å²) in [5.74, 6) is 1.01. The van der Waals surface area contributed by atoms with E-state index in [0.29, 0.717) is 6.04 Å². The number of furan rings is 1. The Morgan fingerprint density at radius 1 is 1.38 bits per heavy atom. The predicted octanol–water partition coefficient (Wildman–Crippen LogP) is 3.91. The Labute approximate surface area is 103 Å². The van der Waals surface area contributed by atoms with Crippen LogP contribution in [0.3, 0.4) is 0 Å². The van der Waals surface area contributed by atoms with E-state index < -0.39 is 0 Å². The van der Waals surface area contributed by atoms with Gasteiger partial charge >= 0.3 is 0 Å². The topological polar surface area (TPSA) is 25.2 Å². The average molecular weight is 254 g/mol. The molecule has 16 heavy (non-hydrogen) atoms. The van der Waals surface area contributed by atoms with E-state index in [1.807, 2.05) is 18.2 Å². The van der Waals surface area contributed by atoms with Crippen LogP contribution in [0.1, 0.15) is 18.6 Å². The van der Waals surface area contributed by atoms with Crippen LogP contribution >= 0.6 is 22.9 Å². The molecule has 1 aliphatic rings. The third kappa shape index (κ3) is 2.17. The summed E-state index contributed by atoms with van der Waals surface area (Å²) in [6.45, 7) is 0.808. The van der Waals surface area contributed by atoms with Crippen LogP contribution in [-0.2, 0) is 6.54 Å². The van der Waals surface area contributed by atoms with Crippen molar-refractivity contribution in [1.82, 2.24) is 5.32 Å². The van der Waals surface area contributed by atoms with Crippen molar-refractivity contribution < 1.29 is 4.42 Å². The molecule has 4 heteroatoms. The maximum absolute atomic E-state index is 5.94. The highest BCUT2D eigenvalue weighted by atomic mass is 35.5. The molecule has 1 saturated carbocycles. The summed E-state index contributed by atoms with van der Waals surface area (Å²) in [6.07, 6.45) is 4.33. The van der Waals surface area contributed by atoms with Crippen LogP contribution in [0, 0.1) is 0 Å². The lowest BCUT2D eigenvalue weighted by Crippen LogP contribution is -2.15. The SMILES string of the molecule is Clc1ccc(-c2ccoc2CNC2CC2)s1. The monoisotopic (exact) mass is 253 g/mol. The Bertz CT molecular complexity index is 487. The van der Waals surface area contributed by atoms with Gasteiger partial charge in [0, 0.05) is 16.5 Å². The highest BCUT2D eigenvalue weighted by molar-refractivity contribution is 7.19. The molecule has 0 saturated heterocycles. The molecule has 0 aromatic carbocycles. The molecule has 2 heterocycles. The van der Waals surface area contributed by atoms with Crippen molar-refractivity contribution in [2.24, 2.45) is 0 Å². The molecule has 0 radical (unpaired) electrons. The zero-order valence-electron chi connectivity index (χ0n) is 8.70. The Balaban J connectivity index is 1.80. The lowest BCUT2D eigenvalue weighted by atomic mass is 10.2. The summed E-state index contributed by atoms with van der Waals surface area (Å²) in [7, 11) is 0. The van der Waals surface area contributed by atoms with Crippen LogP contribution in [0.5, 0.6) is 0 Å². The lowest BCUT2D eigenvalue weighted by Gasteiger charge is -2.01. The molecule has 1 N–H and O–H groups in total. The second-order valence-corrected chi connectivity index (χ2v) is 5.73. The van der Waals surface area contributed by atoms with Gasteiger partial charge in [-0.05, 0) is 31.0 Å². The Kier molecular flexibility index (Phi) is 2.75. The minimum atomic E-state index is 0.699. The van der Waals surface area contributed by atoms with E-state index in [4.69, 9.17) is 16.0 Å². The number of thiophene rings is 1. The molecule has 0 spiro atoms. The van der Waals surface area contributed by atoms with Crippen LogP contribution in [-0.4, -0.2) is 6.04 Å². The smallest absolute Gasteiger partial charge is 0.126 e. The van der Waals surface area contributed by atoms with Gasteiger partial charge in [-0.15, -0.1) is 11.3 Å². The summed E-state index contributed by atoms with van der Waals surface area (Å²) in [5, 5.41) is 3.45. The van der Waals surface area contributed by atoms with Crippen molar-refractivity contribution in [2.75, 3.05) is 0 Å². The van der Waals surface area contributed by atoms with E-state index >= 15 is 0 Å². The summed E-state index contributed by atoms with van der Waals surface area (Å²) in [4.78, 5) is 1.17. The number of hydrogen-bond acceptors (Lipinski definition) is 3. The zero-order chi connectivity index (χ0) is 11.0. The van der Waals surface area contributed by atoms with E-state index in [2.05, 4.69) is 5.32 Å². The predicted molar refractivity (Wildman–Crippen MR) is 66.9 cm³/mol. The largest absolute Gasteiger partial charge is 0.467 e. The van der Waals surface area contributed by atoms with Crippen LogP contribution in [0.15, 0.2) is 28.9 Å². The molecule has 1 fully saturated rings. The van der Waals surface area contributed by atoms with Crippen molar-refractivity contribution in [1.29, 1.82) is 0 Å². The second kappa shape index (κ2) is 4.24. The molecule has 2 nitrogen and oxygen atoms in total. The average Bonchev–Trinajstić information content (AvgIpc) is 2.82. The standard InChI is InChI=1S/C12H12ClNOS/c13-12-4-3-11(16-12)9-5-6-15-10(9)7-14-8-1-2-8/h3-6,8,14H,1-2,7H2. The Morgan fingerprint density at radius 2 is 2.25 bits per heavy atom. The van der Waals surface area contributed by atoms with Gasteiger partial charge in [0.2, 0.25) is 0 Å². The van der Waals surface area contributed by atoms with Gasteiger partial charge in [-0.2, -0.15) is 0 Å². The fraction of sp³-hybridized carbons (Fsp3) is 0.333. The summed E-state index contributed by atoms with van der Waals surface area (Å²) in [6, 6.07) is 6.67. The number of rotatable bonds is 4. The Morgan fingerprint density at radius 3 is 2.94 bits per heavy atom. The third-order valence-corrected chi connectivity index (χ3v) is 3.98. The fourth-order valence-electron chi connectivity index (χ4n) is 1.68. The molecular weight excluding hydrogens is 242 g/mol. The molecule has 1 aliphatic carbocycles. The number of nitrogens with one attached hydrogen (secondary N) is 1. The summed E-state index contributed by atoms with van der Waals surface area (Å²) >= 11 is 7.53. The van der Waals surface area contributed by atoms with Gasteiger partial charge in [-0.3, -0.25) is 0 Å². The normalized spacial score (nSPS) is 15.6. The molecule has 0 unspecified atom stereocenters. The van der Waals surface area contributed by atoms with Crippen LogP contribution in [0.25, 0.3) is 10.4 Å². The van der Waals surface area contributed by atoms with Gasteiger partial charge in [0.25, 0.3) is 0 Å². The van der Waals surface area contributed by atoms with Crippen molar-refractivity contribution >= 4 is 22.9 Å². The Hall–Kier alpha value is -0.770. The van der Waals surface area contributed by atoms with E-state index in [1.165, 1.54) is 17.7 Å². The minimum absolute atomic E-state index is 0.699. The molecule has 0 amide bonds. The molecule has 2 aromatic rings. The van der Waals surface area contributed by atoms with Gasteiger partial charge in [0.1, 0.15) is 5.76 Å². The maximum Gasteiger partial charge on any atom is 0.126 e. The van der Waals surface area contributed by atoms with Crippen molar-refractivity contribution in [2.45, 2.75) is 25.4 Å². The molecule has 3 rings (SSSR count). The second-order valence-electron chi connectivity index (χ2n) is 4.02. The van der Waals surface area contributed by atoms with Crippen molar-refractivity contribution in [3.63, 3.8) is 0 Å². The lowest BCUT2D eigenvalue weighted by molar-refractivity contribution is 0.483. The number of hydrogen-bond donors (Lipinski definition) is 1. The first-order chi connectivity index (χ1) is 7.83. The molecule has 0 atom stereocenters. The molecule has 0 bridgehead atoms. The molecule has 84 valence electrons. The first kappa shape index (κ1) is 10.4. The third-order valence-electron chi connectivity index (χ3n) is 2.71. The van der Waals surface area contributed by atoms with Gasteiger partial charge < -0.3 is 9.73 Å². The van der Waals surface area contributed by atoms with Crippen LogP contribution in [0.4, 0.5) is 0 Å². The highest BCUT2D eigenvalue weighted by Crippen LogP contribution is 2.34. The van der Waals surface area contributed by atoms with E-state index in [0.717, 1.165) is 22.2 Å². The number of halogens is 1. The van der Waals surface area contributed by atoms with Crippen molar-refractivity contribution in [3.05, 3.63) is 34.6 Å². The minimum Gasteiger partial charge on any atom is -0.467 e. The van der Waals surface area contributed by atoms with Crippen LogP contribution in [0.2, 0.25) is 4.34 Å². The van der Waals surface area contributed by atoms with Crippen LogP contribution < -0.4 is 5.32 Å². The summed E-state index contributed by atoms with van der Waals surface area (Å²) in [5.41, 5.74) is 1.16. The molecular formula is C12H12ClNOS. The van der Waals surface area contributed by atoms with E-state index in [-0.39, 0.29) is 0 Å².